The average molecular weight is 410 g/mol. The minimum Gasteiger partial charge on any atom is -0.288 e. The molecule has 0 bridgehead atoms. The maximum Gasteiger partial charge on any atom is 0.199 e. The van der Waals surface area contributed by atoms with Crippen LogP contribution in [0.2, 0.25) is 5.02 Å². The van der Waals surface area contributed by atoms with E-state index in [0.717, 1.165) is 0 Å². The van der Waals surface area contributed by atoms with Crippen LogP contribution in [0.25, 0.3) is 0 Å². The maximum atomic E-state index is 13.9. The summed E-state index contributed by atoms with van der Waals surface area (Å²) in [7, 11) is 0. The van der Waals surface area contributed by atoms with Crippen molar-refractivity contribution in [3.63, 3.8) is 0 Å². The number of carbonyl (C=O) groups is 1. The molecule has 0 saturated carbocycles. The van der Waals surface area contributed by atoms with Gasteiger partial charge in [-0.15, -0.1) is 0 Å². The summed E-state index contributed by atoms with van der Waals surface area (Å²) < 4.78 is 28.2. The summed E-state index contributed by atoms with van der Waals surface area (Å²) in [5, 5.41) is -0.207. The molecule has 0 unspecified atom stereocenters. The molecule has 0 N–H and O–H groups in total. The molecular weight excluding hydrogens is 405 g/mol. The molecule has 6 heteroatoms. The van der Waals surface area contributed by atoms with E-state index in [9.17, 15) is 13.6 Å². The molecule has 19 heavy (non-hydrogen) atoms. The van der Waals surface area contributed by atoms with Gasteiger partial charge >= 0.3 is 0 Å². The van der Waals surface area contributed by atoms with Crippen LogP contribution in [0.3, 0.4) is 0 Å². The number of ketones is 1. The van der Waals surface area contributed by atoms with Crippen LogP contribution >= 0.6 is 43.5 Å². The Morgan fingerprint density at radius 3 is 2.26 bits per heavy atom. The first-order valence-corrected chi connectivity index (χ1v) is 7.02. The number of carbonyl (C=O) groups excluding carboxylic acids is 1. The SMILES string of the molecule is O=C(c1cccc(Br)c1F)c1ccc(Br)c(Cl)c1F. The van der Waals surface area contributed by atoms with Crippen LogP contribution in [0.15, 0.2) is 39.3 Å². The second-order valence-corrected chi connectivity index (χ2v) is 5.74. The topological polar surface area (TPSA) is 17.1 Å². The molecule has 0 spiro atoms. The Morgan fingerprint density at radius 2 is 1.58 bits per heavy atom. The van der Waals surface area contributed by atoms with Gasteiger partial charge in [0.15, 0.2) is 11.6 Å². The lowest BCUT2D eigenvalue weighted by Crippen LogP contribution is -2.07. The Balaban J connectivity index is 2.57. The van der Waals surface area contributed by atoms with E-state index in [4.69, 9.17) is 11.6 Å². The zero-order chi connectivity index (χ0) is 14.2. The molecule has 98 valence electrons. The van der Waals surface area contributed by atoms with E-state index in [2.05, 4.69) is 31.9 Å². The highest BCUT2D eigenvalue weighted by Gasteiger charge is 2.21. The minimum absolute atomic E-state index is 0.141. The first-order chi connectivity index (χ1) is 8.93. The summed E-state index contributed by atoms with van der Waals surface area (Å²) in [4.78, 5) is 12.1. The molecular formula is C13H5Br2ClF2O. The van der Waals surface area contributed by atoms with Crippen molar-refractivity contribution in [1.29, 1.82) is 0 Å². The predicted octanol–water partition coefficient (Wildman–Crippen LogP) is 5.37. The van der Waals surface area contributed by atoms with Gasteiger partial charge in [-0.3, -0.25) is 4.79 Å². The van der Waals surface area contributed by atoms with Crippen LogP contribution in [0.4, 0.5) is 8.78 Å². The smallest absolute Gasteiger partial charge is 0.199 e. The number of benzene rings is 2. The molecule has 2 aromatic carbocycles. The molecule has 0 fully saturated rings. The average Bonchev–Trinajstić information content (AvgIpc) is 2.39. The van der Waals surface area contributed by atoms with E-state index in [-0.39, 0.29) is 20.6 Å². The van der Waals surface area contributed by atoms with Gasteiger partial charge in [-0.2, -0.15) is 0 Å². The third-order valence-electron chi connectivity index (χ3n) is 2.48. The van der Waals surface area contributed by atoms with Gasteiger partial charge in [-0.25, -0.2) is 8.78 Å². The Labute approximate surface area is 129 Å². The van der Waals surface area contributed by atoms with Crippen LogP contribution in [0, 0.1) is 11.6 Å². The molecule has 0 aliphatic carbocycles. The van der Waals surface area contributed by atoms with Crippen molar-refractivity contribution in [2.75, 3.05) is 0 Å². The molecule has 0 atom stereocenters. The summed E-state index contributed by atoms with van der Waals surface area (Å²) in [6, 6.07) is 6.94. The van der Waals surface area contributed by atoms with Crippen LogP contribution < -0.4 is 0 Å². The molecule has 2 aromatic rings. The van der Waals surface area contributed by atoms with Gasteiger partial charge < -0.3 is 0 Å². The summed E-state index contributed by atoms with van der Waals surface area (Å²) >= 11 is 11.7. The third-order valence-corrected chi connectivity index (χ3v) is 4.35. The first-order valence-electron chi connectivity index (χ1n) is 5.05. The lowest BCUT2D eigenvalue weighted by Gasteiger charge is -2.07. The number of rotatable bonds is 2. The second-order valence-electron chi connectivity index (χ2n) is 3.65. The Bertz CT molecular complexity index is 674. The summed E-state index contributed by atoms with van der Waals surface area (Å²) in [6.45, 7) is 0. The van der Waals surface area contributed by atoms with Crippen LogP contribution in [0.1, 0.15) is 15.9 Å². The van der Waals surface area contributed by atoms with Gasteiger partial charge in [0.1, 0.15) is 5.82 Å². The molecule has 2 rings (SSSR count). The quantitative estimate of drug-likeness (QED) is 0.480. The lowest BCUT2D eigenvalue weighted by atomic mass is 10.0. The van der Waals surface area contributed by atoms with Crippen molar-refractivity contribution in [2.45, 2.75) is 0 Å². The van der Waals surface area contributed by atoms with Crippen molar-refractivity contribution >= 4 is 49.2 Å². The fourth-order valence-electron chi connectivity index (χ4n) is 1.53. The molecule has 0 amide bonds. The van der Waals surface area contributed by atoms with Gasteiger partial charge in [-0.05, 0) is 56.1 Å². The fourth-order valence-corrected chi connectivity index (χ4v) is 2.36. The third kappa shape index (κ3) is 2.73. The molecule has 0 heterocycles. The van der Waals surface area contributed by atoms with Gasteiger partial charge in [-0.1, -0.05) is 17.7 Å². The van der Waals surface area contributed by atoms with Gasteiger partial charge in [0, 0.05) is 4.47 Å². The molecule has 0 aliphatic rings. The second kappa shape index (κ2) is 5.69. The largest absolute Gasteiger partial charge is 0.288 e. The predicted molar refractivity (Wildman–Crippen MR) is 76.6 cm³/mol. The summed E-state index contributed by atoms with van der Waals surface area (Å²) in [6.07, 6.45) is 0. The van der Waals surface area contributed by atoms with Gasteiger partial charge in [0.2, 0.25) is 0 Å². The van der Waals surface area contributed by atoms with E-state index >= 15 is 0 Å². The van der Waals surface area contributed by atoms with Crippen molar-refractivity contribution < 1.29 is 13.6 Å². The molecule has 0 aliphatic heterocycles. The van der Waals surface area contributed by atoms with Crippen molar-refractivity contribution in [1.82, 2.24) is 0 Å². The molecule has 0 saturated heterocycles. The number of hydrogen-bond acceptors (Lipinski definition) is 1. The van der Waals surface area contributed by atoms with Crippen LogP contribution in [-0.2, 0) is 0 Å². The van der Waals surface area contributed by atoms with E-state index in [0.29, 0.717) is 4.47 Å². The standard InChI is InChI=1S/C13H5Br2ClF2O/c14-8-5-4-7(12(18)10(8)16)13(19)6-2-1-3-9(15)11(6)17/h1-5H. The van der Waals surface area contributed by atoms with Gasteiger partial charge in [0.25, 0.3) is 0 Å². The minimum atomic E-state index is -0.875. The van der Waals surface area contributed by atoms with E-state index in [1.54, 1.807) is 0 Å². The maximum absolute atomic E-state index is 13.9. The number of halogens is 5. The Morgan fingerprint density at radius 1 is 0.947 bits per heavy atom. The highest BCUT2D eigenvalue weighted by atomic mass is 79.9. The lowest BCUT2D eigenvalue weighted by molar-refractivity contribution is 0.103. The molecule has 0 aromatic heterocycles. The summed E-state index contributed by atoms with van der Waals surface area (Å²) in [5.74, 6) is -2.36. The van der Waals surface area contributed by atoms with Gasteiger partial charge in [0.05, 0.1) is 20.6 Å². The van der Waals surface area contributed by atoms with E-state index in [1.165, 1.54) is 30.3 Å². The van der Waals surface area contributed by atoms with Crippen molar-refractivity contribution in [3.8, 4) is 0 Å². The Hall–Kier alpha value is -0.780. The monoisotopic (exact) mass is 408 g/mol. The first kappa shape index (κ1) is 14.6. The normalized spacial score (nSPS) is 10.6. The highest BCUT2D eigenvalue weighted by Crippen LogP contribution is 2.29. The highest BCUT2D eigenvalue weighted by molar-refractivity contribution is 9.10. The fraction of sp³-hybridized carbons (Fsp3) is 0. The number of hydrogen-bond donors (Lipinski definition) is 0. The van der Waals surface area contributed by atoms with Crippen LogP contribution in [-0.4, -0.2) is 5.78 Å². The Kier molecular flexibility index (Phi) is 4.38. The van der Waals surface area contributed by atoms with Crippen LogP contribution in [0.5, 0.6) is 0 Å². The van der Waals surface area contributed by atoms with Crippen molar-refractivity contribution in [3.05, 3.63) is 67.1 Å². The zero-order valence-corrected chi connectivity index (χ0v) is 13.1. The zero-order valence-electron chi connectivity index (χ0n) is 9.18. The molecule has 1 nitrogen and oxygen atoms in total. The summed E-state index contributed by atoms with van der Waals surface area (Å²) in [5.41, 5.74) is -0.489. The van der Waals surface area contributed by atoms with E-state index in [1.807, 2.05) is 0 Å². The van der Waals surface area contributed by atoms with Crippen molar-refractivity contribution in [2.24, 2.45) is 0 Å². The molecule has 0 radical (unpaired) electrons. The van der Waals surface area contributed by atoms with E-state index < -0.39 is 17.4 Å².